The zero-order valence-electron chi connectivity index (χ0n) is 36.0. The number of aliphatic hydroxyl groups is 2. The summed E-state index contributed by atoms with van der Waals surface area (Å²) in [4.78, 5) is 25.9. The highest BCUT2D eigenvalue weighted by Crippen LogP contribution is 2.15. The number of nitrogens with one attached hydrogen (secondary N) is 1. The summed E-state index contributed by atoms with van der Waals surface area (Å²) in [5, 5.41) is 23.5. The fraction of sp³-hybridized carbons (Fsp3) is 0.640. The fourth-order valence-corrected chi connectivity index (χ4v) is 6.08. The Morgan fingerprint density at radius 1 is 0.554 bits per heavy atom. The molecule has 3 N–H and O–H groups in total. The molecular formula is C50H83NO5. The number of carbonyl (C=O) groups is 2. The van der Waals surface area contributed by atoms with E-state index in [1.54, 1.807) is 0 Å². The molecule has 6 heteroatoms. The molecule has 0 heterocycles. The molecule has 0 aliphatic heterocycles. The molecule has 0 aliphatic carbocycles. The Kier molecular flexibility index (Phi) is 40.4. The summed E-state index contributed by atoms with van der Waals surface area (Å²) in [7, 11) is 0. The van der Waals surface area contributed by atoms with Crippen molar-refractivity contribution < 1.29 is 24.5 Å². The summed E-state index contributed by atoms with van der Waals surface area (Å²) >= 11 is 0. The first-order valence-corrected chi connectivity index (χ1v) is 22.5. The second-order valence-electron chi connectivity index (χ2n) is 14.8. The number of hydrogen-bond acceptors (Lipinski definition) is 5. The predicted octanol–water partition coefficient (Wildman–Crippen LogP) is 13.0. The van der Waals surface area contributed by atoms with Crippen LogP contribution in [0.1, 0.15) is 181 Å². The second-order valence-corrected chi connectivity index (χ2v) is 14.8. The summed E-state index contributed by atoms with van der Waals surface area (Å²) in [5.74, 6) is -0.623. The van der Waals surface area contributed by atoms with Crippen LogP contribution in [-0.2, 0) is 14.3 Å². The molecule has 0 bridgehead atoms. The Morgan fingerprint density at radius 3 is 1.64 bits per heavy atom. The lowest BCUT2D eigenvalue weighted by molar-refractivity contribution is -0.151. The molecule has 1 amide bonds. The standard InChI is InChI=1S/C50H83NO5/c1-4-7-10-13-16-19-21-22-23-24-25-26-28-31-34-37-40-43-50(55)56-46(41-38-35-32-30-27-20-17-14-11-8-5-2)44-49(54)51-47(45-52)48(53)42-39-36-33-29-18-15-12-9-6-3/h8,11,14,16-17,19-20,22-23,25-27,30-32,34,46-48,52-53H,4-7,9-10,12-13,15,18,21,24,28-29,33,35-45H2,1-3H3,(H,51,54)/b11-8+,17-14+,19-16-,23-22-,26-25-,27-20-,32-30-,34-31-. The first-order valence-electron chi connectivity index (χ1n) is 22.5. The van der Waals surface area contributed by atoms with Gasteiger partial charge >= 0.3 is 5.97 Å². The lowest BCUT2D eigenvalue weighted by atomic mass is 10.0. The van der Waals surface area contributed by atoms with E-state index in [2.05, 4.69) is 86.8 Å². The van der Waals surface area contributed by atoms with Gasteiger partial charge in [-0.3, -0.25) is 9.59 Å². The van der Waals surface area contributed by atoms with Gasteiger partial charge in [0.15, 0.2) is 0 Å². The van der Waals surface area contributed by atoms with Gasteiger partial charge in [-0.25, -0.2) is 0 Å². The number of esters is 1. The van der Waals surface area contributed by atoms with Crippen LogP contribution in [0, 0.1) is 0 Å². The van der Waals surface area contributed by atoms with Crippen molar-refractivity contribution in [3.8, 4) is 0 Å². The summed E-state index contributed by atoms with van der Waals surface area (Å²) in [5.41, 5.74) is 0. The van der Waals surface area contributed by atoms with Crippen LogP contribution >= 0.6 is 0 Å². The number of rotatable bonds is 38. The van der Waals surface area contributed by atoms with Crippen LogP contribution in [0.3, 0.4) is 0 Å². The first-order chi connectivity index (χ1) is 27.5. The third-order valence-electron chi connectivity index (χ3n) is 9.49. The van der Waals surface area contributed by atoms with Gasteiger partial charge in [-0.15, -0.1) is 0 Å². The summed E-state index contributed by atoms with van der Waals surface area (Å²) in [6.07, 6.45) is 56.2. The van der Waals surface area contributed by atoms with Crippen molar-refractivity contribution in [2.75, 3.05) is 6.61 Å². The summed E-state index contributed by atoms with van der Waals surface area (Å²) < 4.78 is 5.83. The molecule has 0 fully saturated rings. The van der Waals surface area contributed by atoms with E-state index in [4.69, 9.17) is 4.74 Å². The molecule has 0 radical (unpaired) electrons. The van der Waals surface area contributed by atoms with E-state index in [1.807, 2.05) is 36.5 Å². The SMILES string of the molecule is CC/C=C/C=C/C=C\C=C/CCCC(CC(=O)NC(CO)C(O)CCCCCCCCCCC)OC(=O)CCC/C=C\C/C=C\C/C=C\C/C=C\CCCCC. The van der Waals surface area contributed by atoms with Crippen LogP contribution in [0.2, 0.25) is 0 Å². The number of allylic oxidation sites excluding steroid dienone is 16. The van der Waals surface area contributed by atoms with Crippen molar-refractivity contribution in [2.24, 2.45) is 0 Å². The van der Waals surface area contributed by atoms with Gasteiger partial charge in [0.2, 0.25) is 5.91 Å². The number of hydrogen-bond donors (Lipinski definition) is 3. The van der Waals surface area contributed by atoms with Crippen molar-refractivity contribution >= 4 is 11.9 Å². The minimum Gasteiger partial charge on any atom is -0.462 e. The summed E-state index contributed by atoms with van der Waals surface area (Å²) in [6, 6.07) is -0.737. The van der Waals surface area contributed by atoms with Gasteiger partial charge in [-0.2, -0.15) is 0 Å². The van der Waals surface area contributed by atoms with Crippen molar-refractivity contribution in [3.05, 3.63) is 97.2 Å². The maximum atomic E-state index is 13.1. The highest BCUT2D eigenvalue weighted by atomic mass is 16.5. The van der Waals surface area contributed by atoms with E-state index in [0.717, 1.165) is 64.2 Å². The molecular weight excluding hydrogens is 695 g/mol. The molecule has 0 spiro atoms. The summed E-state index contributed by atoms with van der Waals surface area (Å²) in [6.45, 7) is 6.22. The van der Waals surface area contributed by atoms with Gasteiger partial charge in [0.25, 0.3) is 0 Å². The average Bonchev–Trinajstić information content (AvgIpc) is 3.19. The molecule has 6 nitrogen and oxygen atoms in total. The molecule has 318 valence electrons. The van der Waals surface area contributed by atoms with Crippen LogP contribution in [0.15, 0.2) is 97.2 Å². The molecule has 0 rings (SSSR count). The topological polar surface area (TPSA) is 95.9 Å². The van der Waals surface area contributed by atoms with Crippen LogP contribution in [0.25, 0.3) is 0 Å². The smallest absolute Gasteiger partial charge is 0.306 e. The highest BCUT2D eigenvalue weighted by molar-refractivity contribution is 5.77. The van der Waals surface area contributed by atoms with Crippen LogP contribution in [-0.4, -0.2) is 46.9 Å². The fourth-order valence-electron chi connectivity index (χ4n) is 6.08. The Labute approximate surface area is 344 Å². The normalized spacial score (nSPS) is 14.3. The van der Waals surface area contributed by atoms with Gasteiger partial charge in [0, 0.05) is 6.42 Å². The van der Waals surface area contributed by atoms with Crippen molar-refractivity contribution in [1.82, 2.24) is 5.32 Å². The number of amides is 1. The van der Waals surface area contributed by atoms with E-state index in [1.165, 1.54) is 64.2 Å². The van der Waals surface area contributed by atoms with E-state index in [9.17, 15) is 19.8 Å². The van der Waals surface area contributed by atoms with Gasteiger partial charge in [-0.05, 0) is 77.0 Å². The van der Waals surface area contributed by atoms with E-state index in [-0.39, 0.29) is 24.9 Å². The molecule has 3 unspecified atom stereocenters. The molecule has 0 saturated heterocycles. The molecule has 0 aliphatic rings. The Morgan fingerprint density at radius 2 is 1.05 bits per heavy atom. The van der Waals surface area contributed by atoms with Crippen LogP contribution < -0.4 is 5.32 Å². The molecule has 0 saturated carbocycles. The Balaban J connectivity index is 4.77. The Hall–Kier alpha value is -3.22. The van der Waals surface area contributed by atoms with Gasteiger partial charge in [0.1, 0.15) is 6.10 Å². The number of ether oxygens (including phenoxy) is 1. The molecule has 0 aromatic carbocycles. The van der Waals surface area contributed by atoms with Gasteiger partial charge in [-0.1, -0.05) is 189 Å². The molecule has 56 heavy (non-hydrogen) atoms. The Bertz CT molecular complexity index is 1140. The lowest BCUT2D eigenvalue weighted by Gasteiger charge is -2.24. The molecule has 0 aromatic rings. The second kappa shape index (κ2) is 42.9. The average molecular weight is 778 g/mol. The maximum Gasteiger partial charge on any atom is 0.306 e. The van der Waals surface area contributed by atoms with Crippen molar-refractivity contribution in [2.45, 2.75) is 200 Å². The monoisotopic (exact) mass is 778 g/mol. The van der Waals surface area contributed by atoms with Crippen molar-refractivity contribution in [1.29, 1.82) is 0 Å². The molecule has 0 aromatic heterocycles. The maximum absolute atomic E-state index is 13.1. The number of aliphatic hydroxyl groups excluding tert-OH is 2. The minimum atomic E-state index is -0.817. The predicted molar refractivity (Wildman–Crippen MR) is 240 cm³/mol. The van der Waals surface area contributed by atoms with Gasteiger partial charge < -0.3 is 20.3 Å². The quantitative estimate of drug-likeness (QED) is 0.0251. The van der Waals surface area contributed by atoms with E-state index < -0.39 is 18.2 Å². The van der Waals surface area contributed by atoms with Crippen LogP contribution in [0.5, 0.6) is 0 Å². The largest absolute Gasteiger partial charge is 0.462 e. The van der Waals surface area contributed by atoms with E-state index >= 15 is 0 Å². The zero-order valence-corrected chi connectivity index (χ0v) is 36.0. The minimum absolute atomic E-state index is 0.00382. The van der Waals surface area contributed by atoms with Gasteiger partial charge in [0.05, 0.1) is 25.2 Å². The highest BCUT2D eigenvalue weighted by Gasteiger charge is 2.23. The zero-order chi connectivity index (χ0) is 41.0. The number of unbranched alkanes of at least 4 members (excludes halogenated alkanes) is 13. The third kappa shape index (κ3) is 37.7. The first kappa shape index (κ1) is 52.8. The number of carbonyl (C=O) groups excluding carboxylic acids is 2. The lowest BCUT2D eigenvalue weighted by Crippen LogP contribution is -2.46. The van der Waals surface area contributed by atoms with E-state index in [0.29, 0.717) is 25.7 Å². The van der Waals surface area contributed by atoms with Crippen molar-refractivity contribution in [3.63, 3.8) is 0 Å². The van der Waals surface area contributed by atoms with Crippen LogP contribution in [0.4, 0.5) is 0 Å². The molecule has 3 atom stereocenters. The third-order valence-corrected chi connectivity index (χ3v) is 9.49.